The van der Waals surface area contributed by atoms with Gasteiger partial charge < -0.3 is 5.32 Å². The molecule has 1 aromatic carbocycles. The van der Waals surface area contributed by atoms with Crippen molar-refractivity contribution in [2.24, 2.45) is 0 Å². The van der Waals surface area contributed by atoms with Gasteiger partial charge in [-0.3, -0.25) is 4.79 Å². The molecule has 0 atom stereocenters. The van der Waals surface area contributed by atoms with E-state index in [2.05, 4.69) is 10.3 Å². The van der Waals surface area contributed by atoms with Gasteiger partial charge in [0.15, 0.2) is 5.78 Å². The van der Waals surface area contributed by atoms with Crippen LogP contribution in [0.1, 0.15) is 22.8 Å². The molecular weight excluding hydrogens is 248 g/mol. The maximum Gasteiger partial charge on any atom is 0.163 e. The van der Waals surface area contributed by atoms with E-state index in [9.17, 15) is 4.79 Å². The van der Waals surface area contributed by atoms with E-state index in [1.807, 2.05) is 19.1 Å². The first-order chi connectivity index (χ1) is 8.58. The van der Waals surface area contributed by atoms with Crippen molar-refractivity contribution in [1.82, 2.24) is 4.98 Å². The molecule has 0 saturated heterocycles. The van der Waals surface area contributed by atoms with Crippen LogP contribution in [0.4, 0.5) is 11.5 Å². The van der Waals surface area contributed by atoms with Crippen molar-refractivity contribution >= 4 is 28.9 Å². The predicted octanol–water partition coefficient (Wildman–Crippen LogP) is 3.99. The molecule has 1 N–H and O–H groups in total. The van der Waals surface area contributed by atoms with Crippen molar-refractivity contribution in [1.29, 1.82) is 0 Å². The molecule has 2 rings (SSSR count). The lowest BCUT2D eigenvalue weighted by Gasteiger charge is -2.11. The minimum absolute atomic E-state index is 0.0165. The van der Waals surface area contributed by atoms with Gasteiger partial charge in [0, 0.05) is 16.9 Å². The topological polar surface area (TPSA) is 42.0 Å². The van der Waals surface area contributed by atoms with Crippen LogP contribution in [0, 0.1) is 6.92 Å². The lowest BCUT2D eigenvalue weighted by Crippen LogP contribution is -2.03. The molecule has 0 amide bonds. The van der Waals surface area contributed by atoms with Crippen LogP contribution in [0.5, 0.6) is 0 Å². The van der Waals surface area contributed by atoms with Crippen LogP contribution in [0.3, 0.4) is 0 Å². The quantitative estimate of drug-likeness (QED) is 0.849. The Balaban J connectivity index is 2.37. The summed E-state index contributed by atoms with van der Waals surface area (Å²) in [6.07, 6.45) is 1.65. The van der Waals surface area contributed by atoms with E-state index in [0.717, 1.165) is 11.3 Å². The van der Waals surface area contributed by atoms with Gasteiger partial charge in [0.25, 0.3) is 0 Å². The number of anilines is 2. The van der Waals surface area contributed by atoms with Gasteiger partial charge >= 0.3 is 0 Å². The Kier molecular flexibility index (Phi) is 3.63. The summed E-state index contributed by atoms with van der Waals surface area (Å²) in [6, 6.07) is 9.03. The molecule has 0 spiro atoms. The Morgan fingerprint density at radius 3 is 2.78 bits per heavy atom. The lowest BCUT2D eigenvalue weighted by atomic mass is 10.1. The first kappa shape index (κ1) is 12.6. The fraction of sp³-hybridized carbons (Fsp3) is 0.143. The number of ketones is 1. The molecule has 0 bridgehead atoms. The van der Waals surface area contributed by atoms with E-state index in [-0.39, 0.29) is 5.78 Å². The van der Waals surface area contributed by atoms with Crippen molar-refractivity contribution in [3.05, 3.63) is 52.7 Å². The molecule has 2 aromatic rings. The maximum atomic E-state index is 11.5. The third-order valence-corrected chi connectivity index (χ3v) is 2.86. The molecule has 0 aliphatic rings. The number of aromatic nitrogens is 1. The lowest BCUT2D eigenvalue weighted by molar-refractivity contribution is 0.101. The highest BCUT2D eigenvalue weighted by Crippen LogP contribution is 2.24. The van der Waals surface area contributed by atoms with Crippen LogP contribution < -0.4 is 5.32 Å². The summed E-state index contributed by atoms with van der Waals surface area (Å²) in [7, 11) is 0. The standard InChI is InChI=1S/C14H13ClN2O/c1-9-8-11(15)5-6-13(9)17-14-12(10(2)18)4-3-7-16-14/h3-8H,1-2H3,(H,16,17). The van der Waals surface area contributed by atoms with E-state index in [0.29, 0.717) is 16.4 Å². The average Bonchev–Trinajstić information content (AvgIpc) is 2.33. The minimum Gasteiger partial charge on any atom is -0.339 e. The summed E-state index contributed by atoms with van der Waals surface area (Å²) in [6.45, 7) is 3.47. The van der Waals surface area contributed by atoms with Crippen LogP contribution in [0.2, 0.25) is 5.02 Å². The Hall–Kier alpha value is -1.87. The largest absolute Gasteiger partial charge is 0.339 e. The second kappa shape index (κ2) is 5.19. The molecule has 1 aromatic heterocycles. The molecular formula is C14H13ClN2O. The van der Waals surface area contributed by atoms with Crippen molar-refractivity contribution in [3.63, 3.8) is 0 Å². The first-order valence-electron chi connectivity index (χ1n) is 5.57. The third kappa shape index (κ3) is 2.68. The van der Waals surface area contributed by atoms with E-state index < -0.39 is 0 Å². The number of aryl methyl sites for hydroxylation is 1. The van der Waals surface area contributed by atoms with Crippen molar-refractivity contribution in [2.45, 2.75) is 13.8 Å². The number of nitrogens with zero attached hydrogens (tertiary/aromatic N) is 1. The molecule has 4 heteroatoms. The number of halogens is 1. The zero-order valence-electron chi connectivity index (χ0n) is 10.2. The van der Waals surface area contributed by atoms with E-state index in [1.165, 1.54) is 6.92 Å². The summed E-state index contributed by atoms with van der Waals surface area (Å²) in [5.41, 5.74) is 2.47. The zero-order chi connectivity index (χ0) is 13.1. The Bertz CT molecular complexity index is 596. The van der Waals surface area contributed by atoms with Gasteiger partial charge in [-0.25, -0.2) is 4.98 Å². The van der Waals surface area contributed by atoms with Gasteiger partial charge in [0.05, 0.1) is 5.56 Å². The second-order valence-electron chi connectivity index (χ2n) is 4.04. The highest BCUT2D eigenvalue weighted by molar-refractivity contribution is 6.30. The first-order valence-corrected chi connectivity index (χ1v) is 5.95. The summed E-state index contributed by atoms with van der Waals surface area (Å²) in [5, 5.41) is 3.84. The number of nitrogens with one attached hydrogen (secondary N) is 1. The van der Waals surface area contributed by atoms with Gasteiger partial charge in [0.1, 0.15) is 5.82 Å². The number of benzene rings is 1. The predicted molar refractivity (Wildman–Crippen MR) is 73.7 cm³/mol. The summed E-state index contributed by atoms with van der Waals surface area (Å²) in [5.74, 6) is 0.549. The van der Waals surface area contributed by atoms with E-state index >= 15 is 0 Å². The number of Topliss-reactive ketones (excluding diaryl/α,β-unsaturated/α-hetero) is 1. The molecule has 0 unspecified atom stereocenters. The molecule has 92 valence electrons. The number of hydrogen-bond donors (Lipinski definition) is 1. The maximum absolute atomic E-state index is 11.5. The molecule has 0 radical (unpaired) electrons. The fourth-order valence-electron chi connectivity index (χ4n) is 1.68. The number of carbonyl (C=O) groups excluding carboxylic acids is 1. The van der Waals surface area contributed by atoms with Gasteiger partial charge in [0.2, 0.25) is 0 Å². The Morgan fingerprint density at radius 1 is 1.33 bits per heavy atom. The summed E-state index contributed by atoms with van der Waals surface area (Å²) < 4.78 is 0. The molecule has 0 aliphatic heterocycles. The molecule has 0 fully saturated rings. The fourth-order valence-corrected chi connectivity index (χ4v) is 1.91. The molecule has 0 saturated carbocycles. The van der Waals surface area contributed by atoms with Crippen molar-refractivity contribution in [2.75, 3.05) is 5.32 Å². The van der Waals surface area contributed by atoms with Crippen LogP contribution >= 0.6 is 11.6 Å². The van der Waals surface area contributed by atoms with Crippen LogP contribution in [0.25, 0.3) is 0 Å². The van der Waals surface area contributed by atoms with E-state index in [1.54, 1.807) is 24.4 Å². The van der Waals surface area contributed by atoms with E-state index in [4.69, 9.17) is 11.6 Å². The van der Waals surface area contributed by atoms with Gasteiger partial charge in [-0.1, -0.05) is 11.6 Å². The highest BCUT2D eigenvalue weighted by atomic mass is 35.5. The van der Waals surface area contributed by atoms with Gasteiger partial charge in [-0.2, -0.15) is 0 Å². The van der Waals surface area contributed by atoms with Crippen LogP contribution in [-0.4, -0.2) is 10.8 Å². The van der Waals surface area contributed by atoms with Crippen LogP contribution in [0.15, 0.2) is 36.5 Å². The zero-order valence-corrected chi connectivity index (χ0v) is 11.0. The van der Waals surface area contributed by atoms with Crippen molar-refractivity contribution < 1.29 is 4.79 Å². The molecule has 0 aliphatic carbocycles. The SMILES string of the molecule is CC(=O)c1cccnc1Nc1ccc(Cl)cc1C. The minimum atomic E-state index is -0.0165. The Morgan fingerprint density at radius 2 is 2.11 bits per heavy atom. The molecule has 3 nitrogen and oxygen atoms in total. The number of rotatable bonds is 3. The number of carbonyl (C=O) groups is 1. The summed E-state index contributed by atoms with van der Waals surface area (Å²) in [4.78, 5) is 15.7. The average molecular weight is 261 g/mol. The number of hydrogen-bond acceptors (Lipinski definition) is 3. The monoisotopic (exact) mass is 260 g/mol. The molecule has 18 heavy (non-hydrogen) atoms. The van der Waals surface area contributed by atoms with Gasteiger partial charge in [-0.15, -0.1) is 0 Å². The highest BCUT2D eigenvalue weighted by Gasteiger charge is 2.09. The van der Waals surface area contributed by atoms with Crippen molar-refractivity contribution in [3.8, 4) is 0 Å². The Labute approximate surface area is 111 Å². The normalized spacial score (nSPS) is 10.2. The number of pyridine rings is 1. The second-order valence-corrected chi connectivity index (χ2v) is 4.48. The summed E-state index contributed by atoms with van der Waals surface area (Å²) >= 11 is 5.90. The van der Waals surface area contributed by atoms with Crippen LogP contribution in [-0.2, 0) is 0 Å². The third-order valence-electron chi connectivity index (χ3n) is 2.63. The van der Waals surface area contributed by atoms with Gasteiger partial charge in [-0.05, 0) is 49.7 Å². The smallest absolute Gasteiger partial charge is 0.163 e. The molecule has 1 heterocycles.